The Labute approximate surface area is 108 Å². The molecule has 0 aliphatic rings. The van der Waals surface area contributed by atoms with Crippen molar-refractivity contribution in [2.45, 2.75) is 38.7 Å². The zero-order valence-electron chi connectivity index (χ0n) is 11.0. The van der Waals surface area contributed by atoms with Gasteiger partial charge in [0.25, 0.3) is 0 Å². The normalized spacial score (nSPS) is 11.9. The molecule has 1 unspecified atom stereocenters. The lowest BCUT2D eigenvalue weighted by Gasteiger charge is -2.16. The van der Waals surface area contributed by atoms with Crippen LogP contribution in [0.15, 0.2) is 24.3 Å². The molecule has 0 aromatic heterocycles. The first-order chi connectivity index (χ1) is 8.65. The number of rotatable bonds is 7. The third-order valence-electron chi connectivity index (χ3n) is 2.76. The van der Waals surface area contributed by atoms with Gasteiger partial charge in [-0.25, -0.2) is 4.79 Å². The summed E-state index contributed by atoms with van der Waals surface area (Å²) < 4.78 is 10.3. The highest BCUT2D eigenvalue weighted by molar-refractivity contribution is 5.64. The molecule has 4 nitrogen and oxygen atoms in total. The fourth-order valence-electron chi connectivity index (χ4n) is 1.86. The number of methoxy groups -OCH3 is 1. The minimum Gasteiger partial charge on any atom is -0.497 e. The van der Waals surface area contributed by atoms with Crippen LogP contribution in [0, 0.1) is 0 Å². The van der Waals surface area contributed by atoms with Crippen LogP contribution in [0.2, 0.25) is 0 Å². The van der Waals surface area contributed by atoms with Gasteiger partial charge in [-0.05, 0) is 24.1 Å². The molecule has 1 atom stereocenters. The Bertz CT molecular complexity index is 379. The molecule has 100 valence electrons. The SMILES string of the molecule is CCCCC(Cc1cccc(OC)c1)OC(N)=O. The monoisotopic (exact) mass is 251 g/mol. The zero-order chi connectivity index (χ0) is 13.4. The molecule has 0 heterocycles. The van der Waals surface area contributed by atoms with Crippen LogP contribution in [0.3, 0.4) is 0 Å². The predicted octanol–water partition coefficient (Wildman–Crippen LogP) is 2.89. The Kier molecular flexibility index (Phi) is 6.05. The molecule has 1 rings (SSSR count). The molecule has 1 amide bonds. The lowest BCUT2D eigenvalue weighted by Crippen LogP contribution is -2.24. The van der Waals surface area contributed by atoms with E-state index in [1.807, 2.05) is 24.3 Å². The van der Waals surface area contributed by atoms with E-state index in [1.165, 1.54) is 0 Å². The van der Waals surface area contributed by atoms with Crippen molar-refractivity contribution < 1.29 is 14.3 Å². The summed E-state index contributed by atoms with van der Waals surface area (Å²) in [5.74, 6) is 0.806. The van der Waals surface area contributed by atoms with Crippen LogP contribution in [0.1, 0.15) is 31.7 Å². The summed E-state index contributed by atoms with van der Waals surface area (Å²) in [6.07, 6.45) is 2.71. The predicted molar refractivity (Wildman–Crippen MR) is 70.7 cm³/mol. The van der Waals surface area contributed by atoms with Crippen LogP contribution < -0.4 is 10.5 Å². The lowest BCUT2D eigenvalue weighted by molar-refractivity contribution is 0.0997. The molecule has 0 saturated heterocycles. The second-order valence-corrected chi connectivity index (χ2v) is 4.26. The molecule has 0 aliphatic carbocycles. The van der Waals surface area contributed by atoms with Crippen LogP contribution in [0.5, 0.6) is 5.75 Å². The number of amides is 1. The molecule has 2 N–H and O–H groups in total. The quantitative estimate of drug-likeness (QED) is 0.810. The molecule has 0 bridgehead atoms. The van der Waals surface area contributed by atoms with Gasteiger partial charge >= 0.3 is 6.09 Å². The Balaban J connectivity index is 2.65. The summed E-state index contributed by atoms with van der Waals surface area (Å²) in [6.45, 7) is 2.10. The maximum Gasteiger partial charge on any atom is 0.404 e. The first-order valence-corrected chi connectivity index (χ1v) is 6.24. The van der Waals surface area contributed by atoms with Gasteiger partial charge in [0.1, 0.15) is 11.9 Å². The summed E-state index contributed by atoms with van der Waals surface area (Å²) in [6, 6.07) is 7.75. The minimum absolute atomic E-state index is 0.158. The standard InChI is InChI=1S/C14H21NO3/c1-3-4-7-13(18-14(15)16)10-11-6-5-8-12(9-11)17-2/h5-6,8-9,13H,3-4,7,10H2,1-2H3,(H2,15,16). The maximum atomic E-state index is 10.9. The Morgan fingerprint density at radius 2 is 2.22 bits per heavy atom. The van der Waals surface area contributed by atoms with E-state index < -0.39 is 6.09 Å². The zero-order valence-corrected chi connectivity index (χ0v) is 11.0. The highest BCUT2D eigenvalue weighted by atomic mass is 16.6. The molecule has 0 fully saturated rings. The van der Waals surface area contributed by atoms with E-state index in [0.29, 0.717) is 6.42 Å². The summed E-state index contributed by atoms with van der Waals surface area (Å²) in [7, 11) is 1.63. The number of benzene rings is 1. The number of carbonyl (C=O) groups excluding carboxylic acids is 1. The van der Waals surface area contributed by atoms with Crippen molar-refractivity contribution >= 4 is 6.09 Å². The molecule has 0 spiro atoms. The van der Waals surface area contributed by atoms with Gasteiger partial charge in [-0.3, -0.25) is 0 Å². The van der Waals surface area contributed by atoms with E-state index in [0.717, 1.165) is 30.6 Å². The number of ether oxygens (including phenoxy) is 2. The summed E-state index contributed by atoms with van der Waals surface area (Å²) >= 11 is 0. The summed E-state index contributed by atoms with van der Waals surface area (Å²) in [5, 5.41) is 0. The first kappa shape index (κ1) is 14.4. The Hall–Kier alpha value is -1.71. The molecule has 0 saturated carbocycles. The van der Waals surface area contributed by atoms with Gasteiger partial charge in [-0.2, -0.15) is 0 Å². The highest BCUT2D eigenvalue weighted by Crippen LogP contribution is 2.17. The van der Waals surface area contributed by atoms with Crippen LogP contribution in [0.4, 0.5) is 4.79 Å². The molecule has 0 radical (unpaired) electrons. The average Bonchev–Trinajstić information content (AvgIpc) is 2.35. The fraction of sp³-hybridized carbons (Fsp3) is 0.500. The van der Waals surface area contributed by atoms with Crippen LogP contribution in [0.25, 0.3) is 0 Å². The Morgan fingerprint density at radius 1 is 1.44 bits per heavy atom. The molecule has 0 aliphatic heterocycles. The smallest absolute Gasteiger partial charge is 0.404 e. The molecular formula is C14H21NO3. The number of nitrogens with two attached hydrogens (primary N) is 1. The molecule has 4 heteroatoms. The third kappa shape index (κ3) is 5.08. The van der Waals surface area contributed by atoms with Crippen molar-refractivity contribution in [2.24, 2.45) is 5.73 Å². The van der Waals surface area contributed by atoms with Gasteiger partial charge in [0.15, 0.2) is 0 Å². The van der Waals surface area contributed by atoms with E-state index >= 15 is 0 Å². The van der Waals surface area contributed by atoms with E-state index in [1.54, 1.807) is 7.11 Å². The van der Waals surface area contributed by atoms with Crippen molar-refractivity contribution in [3.63, 3.8) is 0 Å². The van der Waals surface area contributed by atoms with Crippen LogP contribution >= 0.6 is 0 Å². The van der Waals surface area contributed by atoms with Crippen molar-refractivity contribution in [2.75, 3.05) is 7.11 Å². The van der Waals surface area contributed by atoms with Crippen LogP contribution in [-0.2, 0) is 11.2 Å². The van der Waals surface area contributed by atoms with E-state index in [9.17, 15) is 4.79 Å². The van der Waals surface area contributed by atoms with Gasteiger partial charge < -0.3 is 15.2 Å². The first-order valence-electron chi connectivity index (χ1n) is 6.24. The van der Waals surface area contributed by atoms with E-state index in [2.05, 4.69) is 6.92 Å². The number of unbranched alkanes of at least 4 members (excludes halogenated alkanes) is 1. The van der Waals surface area contributed by atoms with E-state index in [-0.39, 0.29) is 6.10 Å². The number of hydrogen-bond donors (Lipinski definition) is 1. The molecular weight excluding hydrogens is 230 g/mol. The van der Waals surface area contributed by atoms with Gasteiger partial charge in [-0.15, -0.1) is 0 Å². The van der Waals surface area contributed by atoms with Gasteiger partial charge in [0.2, 0.25) is 0 Å². The topological polar surface area (TPSA) is 61.6 Å². The largest absolute Gasteiger partial charge is 0.497 e. The fourth-order valence-corrected chi connectivity index (χ4v) is 1.86. The Morgan fingerprint density at radius 3 is 2.83 bits per heavy atom. The van der Waals surface area contributed by atoms with Crippen molar-refractivity contribution in [1.82, 2.24) is 0 Å². The molecule has 1 aromatic carbocycles. The van der Waals surface area contributed by atoms with Gasteiger partial charge in [0.05, 0.1) is 7.11 Å². The summed E-state index contributed by atoms with van der Waals surface area (Å²) in [5.41, 5.74) is 6.17. The number of hydrogen-bond acceptors (Lipinski definition) is 3. The van der Waals surface area contributed by atoms with Crippen molar-refractivity contribution in [1.29, 1.82) is 0 Å². The van der Waals surface area contributed by atoms with E-state index in [4.69, 9.17) is 15.2 Å². The average molecular weight is 251 g/mol. The highest BCUT2D eigenvalue weighted by Gasteiger charge is 2.13. The van der Waals surface area contributed by atoms with Crippen LogP contribution in [-0.4, -0.2) is 19.3 Å². The minimum atomic E-state index is -0.709. The molecule has 18 heavy (non-hydrogen) atoms. The van der Waals surface area contributed by atoms with Gasteiger partial charge in [-0.1, -0.05) is 31.9 Å². The second kappa shape index (κ2) is 7.58. The number of primary amides is 1. The van der Waals surface area contributed by atoms with Crippen molar-refractivity contribution in [3.05, 3.63) is 29.8 Å². The molecule has 1 aromatic rings. The number of carbonyl (C=O) groups is 1. The maximum absolute atomic E-state index is 10.9. The third-order valence-corrected chi connectivity index (χ3v) is 2.76. The summed E-state index contributed by atoms with van der Waals surface area (Å²) in [4.78, 5) is 10.9. The van der Waals surface area contributed by atoms with Crippen molar-refractivity contribution in [3.8, 4) is 5.75 Å². The lowest BCUT2D eigenvalue weighted by atomic mass is 10.0. The van der Waals surface area contributed by atoms with Gasteiger partial charge in [0, 0.05) is 6.42 Å². The second-order valence-electron chi connectivity index (χ2n) is 4.26.